The quantitative estimate of drug-likeness (QED) is 0.805. The number of rotatable bonds is 3. The van der Waals surface area contributed by atoms with Gasteiger partial charge in [-0.05, 0) is 18.1 Å². The van der Waals surface area contributed by atoms with Gasteiger partial charge >= 0.3 is 0 Å². The van der Waals surface area contributed by atoms with E-state index in [1.54, 1.807) is 12.1 Å². The molecule has 1 aliphatic heterocycles. The lowest BCUT2D eigenvalue weighted by atomic mass is 10.0. The predicted octanol–water partition coefficient (Wildman–Crippen LogP) is 2.50. The molecule has 0 radical (unpaired) electrons. The number of oxazole rings is 1. The fourth-order valence-corrected chi connectivity index (χ4v) is 2.59. The van der Waals surface area contributed by atoms with Crippen LogP contribution >= 0.6 is 0 Å². The van der Waals surface area contributed by atoms with Gasteiger partial charge in [0, 0.05) is 12.1 Å². The molecular weight excluding hydrogens is 256 g/mol. The van der Waals surface area contributed by atoms with Crippen molar-refractivity contribution in [2.45, 2.75) is 19.9 Å². The second-order valence-electron chi connectivity index (χ2n) is 5.39. The number of aldehydes is 1. The minimum atomic E-state index is 0.247. The van der Waals surface area contributed by atoms with Crippen LogP contribution in [0, 0.1) is 5.92 Å². The molecule has 0 amide bonds. The van der Waals surface area contributed by atoms with Crippen LogP contribution in [-0.2, 0) is 4.74 Å². The van der Waals surface area contributed by atoms with Crippen LogP contribution in [0.5, 0.6) is 0 Å². The highest BCUT2D eigenvalue weighted by Gasteiger charge is 2.29. The van der Waals surface area contributed by atoms with Gasteiger partial charge in [-0.3, -0.25) is 4.79 Å². The molecule has 5 heteroatoms. The number of carbonyl (C=O) groups is 1. The van der Waals surface area contributed by atoms with Gasteiger partial charge in [0.05, 0.1) is 19.3 Å². The maximum atomic E-state index is 11.1. The van der Waals surface area contributed by atoms with Gasteiger partial charge in [-0.15, -0.1) is 0 Å². The highest BCUT2D eigenvalue weighted by atomic mass is 16.5. The van der Waals surface area contributed by atoms with Crippen molar-refractivity contribution in [3.63, 3.8) is 0 Å². The molecule has 3 rings (SSSR count). The SMILES string of the molecule is CC(C)C1COCCN1c1nc2c(C=O)cccc2o1. The monoisotopic (exact) mass is 274 g/mol. The van der Waals surface area contributed by atoms with E-state index in [9.17, 15) is 4.79 Å². The summed E-state index contributed by atoms with van der Waals surface area (Å²) in [7, 11) is 0. The molecule has 106 valence electrons. The van der Waals surface area contributed by atoms with Crippen LogP contribution < -0.4 is 4.90 Å². The lowest BCUT2D eigenvalue weighted by Crippen LogP contribution is -2.48. The number of nitrogens with zero attached hydrogens (tertiary/aromatic N) is 2. The molecule has 0 N–H and O–H groups in total. The maximum Gasteiger partial charge on any atom is 0.298 e. The van der Waals surface area contributed by atoms with Gasteiger partial charge in [0.2, 0.25) is 0 Å². The van der Waals surface area contributed by atoms with Gasteiger partial charge < -0.3 is 14.1 Å². The number of anilines is 1. The third-order valence-corrected chi connectivity index (χ3v) is 3.75. The van der Waals surface area contributed by atoms with Crippen molar-refractivity contribution < 1.29 is 13.9 Å². The summed E-state index contributed by atoms with van der Waals surface area (Å²) < 4.78 is 11.4. The first-order valence-electron chi connectivity index (χ1n) is 6.90. The lowest BCUT2D eigenvalue weighted by molar-refractivity contribution is 0.0778. The summed E-state index contributed by atoms with van der Waals surface area (Å²) in [6, 6.07) is 6.22. The molecule has 20 heavy (non-hydrogen) atoms. The van der Waals surface area contributed by atoms with Crippen molar-refractivity contribution in [3.8, 4) is 0 Å². The molecule has 1 fully saturated rings. The van der Waals surface area contributed by atoms with Crippen LogP contribution in [0.2, 0.25) is 0 Å². The van der Waals surface area contributed by atoms with Crippen molar-refractivity contribution in [2.24, 2.45) is 5.92 Å². The molecule has 2 aromatic rings. The molecule has 1 aliphatic rings. The van der Waals surface area contributed by atoms with E-state index in [2.05, 4.69) is 23.7 Å². The van der Waals surface area contributed by atoms with E-state index in [-0.39, 0.29) is 6.04 Å². The molecule has 5 nitrogen and oxygen atoms in total. The summed E-state index contributed by atoms with van der Waals surface area (Å²) in [6.07, 6.45) is 0.813. The van der Waals surface area contributed by atoms with Gasteiger partial charge in [0.15, 0.2) is 11.9 Å². The molecule has 1 aromatic heterocycles. The Morgan fingerprint density at radius 1 is 1.45 bits per heavy atom. The first kappa shape index (κ1) is 13.1. The van der Waals surface area contributed by atoms with E-state index >= 15 is 0 Å². The Balaban J connectivity index is 2.02. The molecular formula is C15H18N2O3. The third-order valence-electron chi connectivity index (χ3n) is 3.75. The number of benzene rings is 1. The molecule has 1 saturated heterocycles. The summed E-state index contributed by atoms with van der Waals surface area (Å²) in [5.41, 5.74) is 1.84. The molecule has 1 unspecified atom stereocenters. The number of hydrogen-bond donors (Lipinski definition) is 0. The van der Waals surface area contributed by atoms with Crippen LogP contribution in [0.4, 0.5) is 6.01 Å². The van der Waals surface area contributed by atoms with E-state index in [0.717, 1.165) is 12.8 Å². The Morgan fingerprint density at radius 3 is 3.05 bits per heavy atom. The van der Waals surface area contributed by atoms with Crippen LogP contribution in [0.1, 0.15) is 24.2 Å². The molecule has 1 aromatic carbocycles. The highest BCUT2D eigenvalue weighted by Crippen LogP contribution is 2.28. The Morgan fingerprint density at radius 2 is 2.30 bits per heavy atom. The highest BCUT2D eigenvalue weighted by molar-refractivity contribution is 5.93. The van der Waals surface area contributed by atoms with Gasteiger partial charge in [-0.2, -0.15) is 4.98 Å². The number of aromatic nitrogens is 1. The maximum absolute atomic E-state index is 11.1. The van der Waals surface area contributed by atoms with Crippen molar-refractivity contribution >= 4 is 23.4 Å². The first-order valence-corrected chi connectivity index (χ1v) is 6.90. The van der Waals surface area contributed by atoms with Gasteiger partial charge in [0.25, 0.3) is 6.01 Å². The Bertz CT molecular complexity index is 621. The second kappa shape index (κ2) is 5.25. The number of morpholine rings is 1. The van der Waals surface area contributed by atoms with Gasteiger partial charge in [-0.25, -0.2) is 0 Å². The van der Waals surface area contributed by atoms with Crippen molar-refractivity contribution in [2.75, 3.05) is 24.7 Å². The summed E-state index contributed by atoms with van der Waals surface area (Å²) in [4.78, 5) is 17.7. The molecule has 0 aliphatic carbocycles. The topological polar surface area (TPSA) is 55.6 Å². The van der Waals surface area contributed by atoms with E-state index in [1.807, 2.05) is 6.07 Å². The molecule has 0 saturated carbocycles. The summed E-state index contributed by atoms with van der Waals surface area (Å²) in [5, 5.41) is 0. The zero-order valence-electron chi connectivity index (χ0n) is 11.7. The minimum absolute atomic E-state index is 0.247. The number of hydrogen-bond acceptors (Lipinski definition) is 5. The zero-order chi connectivity index (χ0) is 14.1. The summed E-state index contributed by atoms with van der Waals surface area (Å²) in [5.74, 6) is 0.441. The van der Waals surface area contributed by atoms with Crippen molar-refractivity contribution in [1.82, 2.24) is 4.98 Å². The predicted molar refractivity (Wildman–Crippen MR) is 76.2 cm³/mol. The second-order valence-corrected chi connectivity index (χ2v) is 5.39. The van der Waals surface area contributed by atoms with E-state index in [4.69, 9.17) is 9.15 Å². The van der Waals surface area contributed by atoms with E-state index < -0.39 is 0 Å². The molecule has 1 atom stereocenters. The smallest absolute Gasteiger partial charge is 0.298 e. The summed E-state index contributed by atoms with van der Waals surface area (Å²) in [6.45, 7) is 6.42. The van der Waals surface area contributed by atoms with Gasteiger partial charge in [0.1, 0.15) is 5.52 Å². The number of ether oxygens (including phenoxy) is 1. The Hall–Kier alpha value is -1.88. The number of fused-ring (bicyclic) bond motifs is 1. The molecule has 0 spiro atoms. The van der Waals surface area contributed by atoms with Gasteiger partial charge in [-0.1, -0.05) is 19.9 Å². The lowest BCUT2D eigenvalue weighted by Gasteiger charge is -2.36. The third kappa shape index (κ3) is 2.18. The van der Waals surface area contributed by atoms with Crippen molar-refractivity contribution in [3.05, 3.63) is 23.8 Å². The number of para-hydroxylation sites is 1. The van der Waals surface area contributed by atoms with E-state index in [0.29, 0.717) is 41.8 Å². The van der Waals surface area contributed by atoms with Crippen LogP contribution in [-0.4, -0.2) is 37.1 Å². The zero-order valence-corrected chi connectivity index (χ0v) is 11.7. The van der Waals surface area contributed by atoms with Crippen LogP contribution in [0.25, 0.3) is 11.1 Å². The minimum Gasteiger partial charge on any atom is -0.423 e. The van der Waals surface area contributed by atoms with Crippen LogP contribution in [0.3, 0.4) is 0 Å². The van der Waals surface area contributed by atoms with E-state index in [1.165, 1.54) is 0 Å². The summed E-state index contributed by atoms with van der Waals surface area (Å²) >= 11 is 0. The van der Waals surface area contributed by atoms with Crippen molar-refractivity contribution in [1.29, 1.82) is 0 Å². The van der Waals surface area contributed by atoms with Crippen LogP contribution in [0.15, 0.2) is 22.6 Å². The first-order chi connectivity index (χ1) is 9.70. The molecule has 2 heterocycles. The average molecular weight is 274 g/mol. The standard InChI is InChI=1S/C15H18N2O3/c1-10(2)12-9-19-7-6-17(12)15-16-14-11(8-18)4-3-5-13(14)20-15/h3-5,8,10,12H,6-7,9H2,1-2H3. The fourth-order valence-electron chi connectivity index (χ4n) is 2.59. The molecule has 0 bridgehead atoms. The normalized spacial score (nSPS) is 19.8. The average Bonchev–Trinajstić information content (AvgIpc) is 2.90. The Labute approximate surface area is 117 Å². The number of carbonyl (C=O) groups excluding carboxylic acids is 1. The largest absolute Gasteiger partial charge is 0.423 e. The Kier molecular flexibility index (Phi) is 3.44. The fraction of sp³-hybridized carbons (Fsp3) is 0.467.